The number of rotatable bonds is 16. The molecule has 0 aliphatic carbocycles. The van der Waals surface area contributed by atoms with Gasteiger partial charge < -0.3 is 69.9 Å². The second-order valence-corrected chi connectivity index (χ2v) is 11.0. The summed E-state index contributed by atoms with van der Waals surface area (Å²) in [5.41, 5.74) is 0. The molecule has 2 aliphatic heterocycles. The Morgan fingerprint density at radius 3 is 2.12 bits per heavy atom. The van der Waals surface area contributed by atoms with Gasteiger partial charge in [-0.2, -0.15) is 0 Å². The Bertz CT molecular complexity index is 960. The van der Waals surface area contributed by atoms with Crippen molar-refractivity contribution in [2.75, 3.05) is 32.8 Å². The van der Waals surface area contributed by atoms with E-state index >= 15 is 0 Å². The maximum atomic E-state index is 12.1. The molecule has 0 unspecified atom stereocenters. The van der Waals surface area contributed by atoms with E-state index in [4.69, 9.17) is 19.0 Å². The Labute approximate surface area is 249 Å². The molecule has 16 heteroatoms. The fourth-order valence-electron chi connectivity index (χ4n) is 5.15. The van der Waals surface area contributed by atoms with Crippen molar-refractivity contribution in [3.05, 3.63) is 12.1 Å². The number of aromatic hydroxyl groups is 2. The molecule has 3 heterocycles. The summed E-state index contributed by atoms with van der Waals surface area (Å²) in [4.78, 5) is 19.0. The van der Waals surface area contributed by atoms with E-state index in [-0.39, 0.29) is 13.0 Å². The van der Waals surface area contributed by atoms with Gasteiger partial charge in [0.05, 0.1) is 25.4 Å². The molecule has 0 bridgehead atoms. The first-order valence-electron chi connectivity index (χ1n) is 14.6. The first-order chi connectivity index (χ1) is 20.4. The summed E-state index contributed by atoms with van der Waals surface area (Å²) in [7, 11) is 0. The standard InChI is InChI=1S/C27H46N2O14/c1-15-21(34)24(37)22(35)16(41-15)6-5-11-28(12-13-40-27-26(39)25(38)23(36)17(14-30)42-27)10-4-2-3-7-20(33)43-29-18(31)8-9-19(29)32/h8-9,15-17,21-27,30-32,34-39H,2-7,10-14H2,1H3/t15-,16-,17+,21+,22+,23+,24+,25-,26-,27+/m0/s1. The van der Waals surface area contributed by atoms with E-state index in [1.165, 1.54) is 12.1 Å². The number of unbranched alkanes of at least 4 members (excludes halogenated alkanes) is 2. The first-order valence-corrected chi connectivity index (χ1v) is 14.6. The number of nitrogens with zero attached hydrogens (tertiary/aromatic N) is 2. The molecule has 2 fully saturated rings. The number of carbonyl (C=O) groups is 1. The van der Waals surface area contributed by atoms with E-state index in [0.717, 1.165) is 0 Å². The predicted molar refractivity (Wildman–Crippen MR) is 146 cm³/mol. The molecule has 9 N–H and O–H groups in total. The van der Waals surface area contributed by atoms with Gasteiger partial charge >= 0.3 is 5.97 Å². The molecule has 2 aliphatic rings. The highest BCUT2D eigenvalue weighted by Crippen LogP contribution is 2.25. The van der Waals surface area contributed by atoms with Crippen LogP contribution in [0.4, 0.5) is 0 Å². The lowest BCUT2D eigenvalue weighted by Gasteiger charge is -2.40. The van der Waals surface area contributed by atoms with Crippen molar-refractivity contribution < 1.29 is 69.8 Å². The van der Waals surface area contributed by atoms with Gasteiger partial charge in [0.2, 0.25) is 11.8 Å². The van der Waals surface area contributed by atoms with Crippen LogP contribution in [0.5, 0.6) is 11.8 Å². The molecule has 43 heavy (non-hydrogen) atoms. The van der Waals surface area contributed by atoms with Crippen LogP contribution in [0, 0.1) is 0 Å². The van der Waals surface area contributed by atoms with Crippen LogP contribution in [0.1, 0.15) is 45.4 Å². The molecular weight excluding hydrogens is 576 g/mol. The molecule has 2 saturated heterocycles. The number of hydrogen-bond donors (Lipinski definition) is 9. The van der Waals surface area contributed by atoms with Gasteiger partial charge in [0.1, 0.15) is 42.7 Å². The summed E-state index contributed by atoms with van der Waals surface area (Å²) in [6.07, 6.45) is -9.10. The topological polar surface area (TPSA) is 244 Å². The molecular formula is C27H46N2O14. The van der Waals surface area contributed by atoms with Crippen molar-refractivity contribution in [1.82, 2.24) is 9.63 Å². The van der Waals surface area contributed by atoms with Crippen LogP contribution < -0.4 is 4.84 Å². The van der Waals surface area contributed by atoms with E-state index < -0.39 is 85.6 Å². The molecule has 0 amide bonds. The molecule has 1 aromatic heterocycles. The number of carbonyl (C=O) groups excluding carboxylic acids is 1. The van der Waals surface area contributed by atoms with E-state index in [1.54, 1.807) is 6.92 Å². The Hall–Kier alpha value is -2.09. The Morgan fingerprint density at radius 2 is 1.44 bits per heavy atom. The summed E-state index contributed by atoms with van der Waals surface area (Å²) >= 11 is 0. The lowest BCUT2D eigenvalue weighted by Crippen LogP contribution is -2.59. The van der Waals surface area contributed by atoms with Crippen LogP contribution in [-0.2, 0) is 19.0 Å². The van der Waals surface area contributed by atoms with Crippen LogP contribution >= 0.6 is 0 Å². The summed E-state index contributed by atoms with van der Waals surface area (Å²) in [5.74, 6) is -1.43. The number of aromatic nitrogens is 1. The zero-order valence-corrected chi connectivity index (χ0v) is 24.2. The van der Waals surface area contributed by atoms with Crippen LogP contribution in [0.25, 0.3) is 0 Å². The SMILES string of the molecule is C[C@@H]1O[C@@H](CCCN(CCCCCC(=O)On2c(O)ccc2O)CCO[C@@H]2O[C@H](CO)[C@@H](O)[C@H](O)[C@@H]2O)[C@@H](O)[C@H](O)[C@@H]1O. The van der Waals surface area contributed by atoms with Crippen molar-refractivity contribution in [2.45, 2.75) is 107 Å². The van der Waals surface area contributed by atoms with Gasteiger partial charge in [-0.05, 0) is 45.7 Å². The molecule has 0 radical (unpaired) electrons. The zero-order valence-electron chi connectivity index (χ0n) is 24.2. The highest BCUT2D eigenvalue weighted by molar-refractivity contribution is 5.69. The molecule has 0 saturated carbocycles. The van der Waals surface area contributed by atoms with Gasteiger partial charge in [-0.25, -0.2) is 4.79 Å². The molecule has 1 aromatic rings. The molecule has 10 atom stereocenters. The van der Waals surface area contributed by atoms with Crippen LogP contribution in [0.2, 0.25) is 0 Å². The minimum atomic E-state index is -1.55. The second kappa shape index (κ2) is 16.8. The number of ether oxygens (including phenoxy) is 3. The average molecular weight is 623 g/mol. The minimum Gasteiger partial charge on any atom is -0.492 e. The van der Waals surface area contributed by atoms with Gasteiger partial charge in [-0.3, -0.25) is 0 Å². The van der Waals surface area contributed by atoms with E-state index in [2.05, 4.69) is 0 Å². The van der Waals surface area contributed by atoms with Gasteiger partial charge in [-0.1, -0.05) is 6.42 Å². The molecule has 0 aromatic carbocycles. The molecule has 248 valence electrons. The Kier molecular flexibility index (Phi) is 13.9. The number of aliphatic hydroxyl groups excluding tert-OH is 7. The smallest absolute Gasteiger partial charge is 0.333 e. The van der Waals surface area contributed by atoms with Crippen molar-refractivity contribution in [3.8, 4) is 11.8 Å². The molecule has 0 spiro atoms. The maximum Gasteiger partial charge on any atom is 0.333 e. The van der Waals surface area contributed by atoms with Gasteiger partial charge in [0, 0.05) is 25.1 Å². The first kappa shape index (κ1) is 35.4. The third-order valence-corrected chi connectivity index (χ3v) is 7.80. The molecule has 3 rings (SSSR count). The largest absolute Gasteiger partial charge is 0.492 e. The molecule has 16 nitrogen and oxygen atoms in total. The third-order valence-electron chi connectivity index (χ3n) is 7.80. The van der Waals surface area contributed by atoms with Crippen LogP contribution in [-0.4, -0.2) is 156 Å². The van der Waals surface area contributed by atoms with E-state index in [1.807, 2.05) is 4.90 Å². The fraction of sp³-hybridized carbons (Fsp3) is 0.815. The lowest BCUT2D eigenvalue weighted by atomic mass is 9.93. The zero-order chi connectivity index (χ0) is 31.7. The van der Waals surface area contributed by atoms with Crippen molar-refractivity contribution in [2.24, 2.45) is 0 Å². The minimum absolute atomic E-state index is 0.0561. The van der Waals surface area contributed by atoms with Crippen LogP contribution in [0.3, 0.4) is 0 Å². The van der Waals surface area contributed by atoms with Gasteiger partial charge in [0.25, 0.3) is 0 Å². The van der Waals surface area contributed by atoms with Gasteiger partial charge in [0.15, 0.2) is 6.29 Å². The normalized spacial score (nSPS) is 33.1. The Morgan fingerprint density at radius 1 is 0.814 bits per heavy atom. The van der Waals surface area contributed by atoms with Crippen molar-refractivity contribution in [1.29, 1.82) is 0 Å². The van der Waals surface area contributed by atoms with Crippen molar-refractivity contribution >= 4 is 5.97 Å². The van der Waals surface area contributed by atoms with Crippen LogP contribution in [0.15, 0.2) is 12.1 Å². The van der Waals surface area contributed by atoms with Gasteiger partial charge in [-0.15, -0.1) is 4.73 Å². The monoisotopic (exact) mass is 622 g/mol. The average Bonchev–Trinajstić information content (AvgIpc) is 3.30. The van der Waals surface area contributed by atoms with Crippen molar-refractivity contribution in [3.63, 3.8) is 0 Å². The Balaban J connectivity index is 1.47. The third kappa shape index (κ3) is 9.70. The van der Waals surface area contributed by atoms with E-state index in [0.29, 0.717) is 56.5 Å². The summed E-state index contributed by atoms with van der Waals surface area (Å²) in [5, 5.41) is 89.0. The predicted octanol–water partition coefficient (Wildman–Crippen LogP) is -2.82. The summed E-state index contributed by atoms with van der Waals surface area (Å²) < 4.78 is 17.3. The highest BCUT2D eigenvalue weighted by Gasteiger charge is 2.44. The summed E-state index contributed by atoms with van der Waals surface area (Å²) in [6.45, 7) is 2.61. The summed E-state index contributed by atoms with van der Waals surface area (Å²) in [6, 6.07) is 2.37. The van der Waals surface area contributed by atoms with E-state index in [9.17, 15) is 50.8 Å². The number of aliphatic hydroxyl groups is 7. The number of hydrogen-bond acceptors (Lipinski definition) is 15. The lowest BCUT2D eigenvalue weighted by molar-refractivity contribution is -0.301. The second-order valence-electron chi connectivity index (χ2n) is 11.0. The fourth-order valence-corrected chi connectivity index (χ4v) is 5.15. The maximum absolute atomic E-state index is 12.1. The quantitative estimate of drug-likeness (QED) is 0.0845. The highest BCUT2D eigenvalue weighted by atomic mass is 16.7.